The lowest BCUT2D eigenvalue weighted by Gasteiger charge is -2.36. The van der Waals surface area contributed by atoms with Crippen LogP contribution >= 0.6 is 0 Å². The molecule has 0 aliphatic rings. The number of benzene rings is 1. The Morgan fingerprint density at radius 1 is 1.04 bits per heavy atom. The molecule has 1 N–H and O–H groups in total. The molecule has 6 heteroatoms. The second-order valence-corrected chi connectivity index (χ2v) is 13.8. The molecule has 0 fully saturated rings. The van der Waals surface area contributed by atoms with E-state index in [4.69, 9.17) is 9.16 Å². The van der Waals surface area contributed by atoms with E-state index in [1.165, 1.54) is 0 Å². The standard InChI is InChI=1S/C20H33NO4Si/c1-19(2,3)24-18(23)21-16(14-15-12-10-9-11-13-15)17(22)25-26(7,8)20(4,5)6/h9-13,16H,14H2,1-8H3,(H,21,23)/t16-/m0/s1. The fourth-order valence-corrected chi connectivity index (χ4v) is 2.92. The van der Waals surface area contributed by atoms with Gasteiger partial charge >= 0.3 is 12.1 Å². The summed E-state index contributed by atoms with van der Waals surface area (Å²) in [5, 5.41) is 2.58. The third kappa shape index (κ3) is 7.20. The van der Waals surface area contributed by atoms with Crippen molar-refractivity contribution < 1.29 is 18.8 Å². The van der Waals surface area contributed by atoms with Crippen molar-refractivity contribution >= 4 is 20.4 Å². The topological polar surface area (TPSA) is 64.6 Å². The Morgan fingerprint density at radius 3 is 2.04 bits per heavy atom. The maximum Gasteiger partial charge on any atom is 0.408 e. The van der Waals surface area contributed by atoms with E-state index in [0.29, 0.717) is 6.42 Å². The summed E-state index contributed by atoms with van der Waals surface area (Å²) in [6.07, 6.45) is -0.265. The maximum atomic E-state index is 12.9. The van der Waals surface area contributed by atoms with Crippen molar-refractivity contribution in [2.75, 3.05) is 0 Å². The minimum atomic E-state index is -2.29. The van der Waals surface area contributed by atoms with E-state index in [0.717, 1.165) is 5.56 Å². The van der Waals surface area contributed by atoms with Crippen LogP contribution in [-0.2, 0) is 20.4 Å². The molecular formula is C20H33NO4Si. The number of alkyl carbamates (subject to hydrolysis) is 1. The van der Waals surface area contributed by atoms with Crippen molar-refractivity contribution in [2.24, 2.45) is 0 Å². The van der Waals surface area contributed by atoms with Gasteiger partial charge in [-0.05, 0) is 44.5 Å². The van der Waals surface area contributed by atoms with Crippen LogP contribution in [-0.4, -0.2) is 32.0 Å². The first kappa shape index (κ1) is 22.2. The Balaban J connectivity index is 2.96. The van der Waals surface area contributed by atoms with Crippen LogP contribution in [0.25, 0.3) is 0 Å². The van der Waals surface area contributed by atoms with E-state index < -0.39 is 32.0 Å². The summed E-state index contributed by atoms with van der Waals surface area (Å²) in [4.78, 5) is 25.0. The number of amides is 1. The van der Waals surface area contributed by atoms with E-state index in [-0.39, 0.29) is 5.04 Å². The fourth-order valence-electron chi connectivity index (χ4n) is 1.97. The van der Waals surface area contributed by atoms with Crippen LogP contribution < -0.4 is 5.32 Å². The highest BCUT2D eigenvalue weighted by Crippen LogP contribution is 2.36. The molecule has 0 aliphatic carbocycles. The van der Waals surface area contributed by atoms with Crippen LogP contribution in [0.4, 0.5) is 4.79 Å². The largest absolute Gasteiger partial charge is 0.518 e. The van der Waals surface area contributed by atoms with Crippen molar-refractivity contribution in [3.63, 3.8) is 0 Å². The van der Waals surface area contributed by atoms with Gasteiger partial charge in [0.15, 0.2) is 0 Å². The van der Waals surface area contributed by atoms with E-state index >= 15 is 0 Å². The molecule has 26 heavy (non-hydrogen) atoms. The Kier molecular flexibility index (Phi) is 7.05. The number of carbonyl (C=O) groups excluding carboxylic acids is 2. The first-order chi connectivity index (χ1) is 11.7. The molecule has 0 aliphatic heterocycles. The Labute approximate surface area is 158 Å². The van der Waals surface area contributed by atoms with E-state index in [1.807, 2.05) is 43.4 Å². The average molecular weight is 380 g/mol. The molecule has 1 amide bonds. The summed E-state index contributed by atoms with van der Waals surface area (Å²) < 4.78 is 11.2. The predicted octanol–water partition coefficient (Wildman–Crippen LogP) is 4.67. The normalized spacial score (nSPS) is 13.7. The highest BCUT2D eigenvalue weighted by molar-refractivity contribution is 6.75. The number of hydrogen-bond acceptors (Lipinski definition) is 4. The molecule has 0 heterocycles. The number of ether oxygens (including phenoxy) is 1. The summed E-state index contributed by atoms with van der Waals surface area (Å²) in [5.41, 5.74) is 0.311. The van der Waals surface area contributed by atoms with Crippen molar-refractivity contribution in [2.45, 2.75) is 77.7 Å². The molecular weight excluding hydrogens is 346 g/mol. The lowest BCUT2D eigenvalue weighted by atomic mass is 10.1. The molecule has 5 nitrogen and oxygen atoms in total. The smallest absolute Gasteiger partial charge is 0.408 e. The summed E-state index contributed by atoms with van der Waals surface area (Å²) in [6.45, 7) is 15.6. The first-order valence-electron chi connectivity index (χ1n) is 8.97. The summed E-state index contributed by atoms with van der Waals surface area (Å²) in [6, 6.07) is 8.76. The van der Waals surface area contributed by atoms with Gasteiger partial charge in [0.2, 0.25) is 0 Å². The third-order valence-corrected chi connectivity index (χ3v) is 8.74. The zero-order chi connectivity index (χ0) is 20.2. The van der Waals surface area contributed by atoms with Crippen LogP contribution in [0.3, 0.4) is 0 Å². The number of carbonyl (C=O) groups is 2. The van der Waals surface area contributed by atoms with Crippen molar-refractivity contribution in [1.82, 2.24) is 5.32 Å². The van der Waals surface area contributed by atoms with Crippen molar-refractivity contribution in [3.8, 4) is 0 Å². The van der Waals surface area contributed by atoms with Gasteiger partial charge in [0, 0.05) is 6.42 Å². The van der Waals surface area contributed by atoms with Crippen molar-refractivity contribution in [3.05, 3.63) is 35.9 Å². The van der Waals surface area contributed by atoms with Gasteiger partial charge in [-0.25, -0.2) is 4.79 Å². The molecule has 0 spiro atoms. The van der Waals surface area contributed by atoms with E-state index in [2.05, 4.69) is 26.1 Å². The summed E-state index contributed by atoms with van der Waals surface area (Å²) >= 11 is 0. The number of rotatable bonds is 5. The Hall–Kier alpha value is -1.82. The lowest BCUT2D eigenvalue weighted by molar-refractivity contribution is -0.137. The van der Waals surface area contributed by atoms with Gasteiger partial charge in [-0.3, -0.25) is 4.79 Å². The second-order valence-electron chi connectivity index (χ2n) is 9.07. The Bertz CT molecular complexity index is 615. The van der Waals surface area contributed by atoms with Gasteiger partial charge in [0.25, 0.3) is 8.32 Å². The maximum absolute atomic E-state index is 12.9. The summed E-state index contributed by atoms with van der Waals surface area (Å²) in [5.74, 6) is -0.411. The minimum Gasteiger partial charge on any atom is -0.518 e. The monoisotopic (exact) mass is 379 g/mol. The molecule has 0 saturated heterocycles. The highest BCUT2D eigenvalue weighted by atomic mass is 28.4. The number of hydrogen-bond donors (Lipinski definition) is 1. The lowest BCUT2D eigenvalue weighted by Crippen LogP contribution is -2.51. The fraction of sp³-hybridized carbons (Fsp3) is 0.600. The van der Waals surface area contributed by atoms with Crippen LogP contribution in [0.15, 0.2) is 30.3 Å². The van der Waals surface area contributed by atoms with Gasteiger partial charge in [-0.1, -0.05) is 51.1 Å². The molecule has 1 aromatic carbocycles. The molecule has 0 bridgehead atoms. The molecule has 1 aromatic rings. The predicted molar refractivity (Wildman–Crippen MR) is 107 cm³/mol. The van der Waals surface area contributed by atoms with Crippen LogP contribution in [0.5, 0.6) is 0 Å². The first-order valence-corrected chi connectivity index (χ1v) is 11.9. The molecule has 0 aromatic heterocycles. The highest BCUT2D eigenvalue weighted by Gasteiger charge is 2.42. The van der Waals surface area contributed by atoms with Gasteiger partial charge in [-0.2, -0.15) is 0 Å². The molecule has 0 unspecified atom stereocenters. The molecule has 1 atom stereocenters. The molecule has 0 radical (unpaired) electrons. The number of nitrogens with one attached hydrogen (secondary N) is 1. The zero-order valence-corrected chi connectivity index (χ0v) is 18.3. The van der Waals surface area contributed by atoms with Crippen LogP contribution in [0, 0.1) is 0 Å². The van der Waals surface area contributed by atoms with Crippen LogP contribution in [0.1, 0.15) is 47.1 Å². The third-order valence-electron chi connectivity index (χ3n) is 4.42. The van der Waals surface area contributed by atoms with Gasteiger partial charge in [-0.15, -0.1) is 0 Å². The van der Waals surface area contributed by atoms with Crippen molar-refractivity contribution in [1.29, 1.82) is 0 Å². The average Bonchev–Trinajstić information content (AvgIpc) is 2.44. The van der Waals surface area contributed by atoms with Gasteiger partial charge < -0.3 is 14.5 Å². The molecule has 1 rings (SSSR count). The second kappa shape index (κ2) is 8.25. The van der Waals surface area contributed by atoms with Gasteiger partial charge in [0.05, 0.1) is 0 Å². The quantitative estimate of drug-likeness (QED) is 0.755. The van der Waals surface area contributed by atoms with E-state index in [9.17, 15) is 9.59 Å². The Morgan fingerprint density at radius 2 is 1.58 bits per heavy atom. The van der Waals surface area contributed by atoms with Crippen LogP contribution in [0.2, 0.25) is 18.1 Å². The SMILES string of the molecule is CC(C)(C)OC(=O)N[C@@H](Cc1ccccc1)C(=O)O[Si](C)(C)C(C)(C)C. The summed E-state index contributed by atoms with van der Waals surface area (Å²) in [7, 11) is -2.29. The van der Waals surface area contributed by atoms with E-state index in [1.54, 1.807) is 20.8 Å². The minimum absolute atomic E-state index is 0.105. The molecule has 146 valence electrons. The molecule has 0 saturated carbocycles. The van der Waals surface area contributed by atoms with Gasteiger partial charge in [0.1, 0.15) is 11.6 Å². The zero-order valence-electron chi connectivity index (χ0n) is 17.3.